The van der Waals surface area contributed by atoms with Gasteiger partial charge in [0, 0.05) is 22.9 Å². The molecule has 1 aromatic rings. The molecule has 28 heavy (non-hydrogen) atoms. The zero-order valence-electron chi connectivity index (χ0n) is 16.5. The molecule has 1 aliphatic heterocycles. The molecule has 0 fully saturated rings. The van der Waals surface area contributed by atoms with Gasteiger partial charge in [-0.15, -0.1) is 0 Å². The van der Waals surface area contributed by atoms with Crippen molar-refractivity contribution in [1.82, 2.24) is 5.32 Å². The Labute approximate surface area is 163 Å². The number of benzene rings is 1. The minimum Gasteiger partial charge on any atom is -0.496 e. The molecule has 0 radical (unpaired) electrons. The Hall–Kier alpha value is -3.29. The Balaban J connectivity index is 2.13. The van der Waals surface area contributed by atoms with Crippen LogP contribution in [0.2, 0.25) is 0 Å². The van der Waals surface area contributed by atoms with Crippen LogP contribution in [0, 0.1) is 0 Å². The van der Waals surface area contributed by atoms with Crippen molar-refractivity contribution in [2.75, 3.05) is 26.1 Å². The smallest absolute Gasteiger partial charge is 0.330 e. The molecule has 0 unspecified atom stereocenters. The summed E-state index contributed by atoms with van der Waals surface area (Å²) in [4.78, 5) is 35.9. The highest BCUT2D eigenvalue weighted by Gasteiger charge is 2.32. The summed E-state index contributed by atoms with van der Waals surface area (Å²) in [7, 11) is 2.72. The van der Waals surface area contributed by atoms with Crippen LogP contribution in [0.15, 0.2) is 36.1 Å². The molecule has 1 heterocycles. The molecule has 0 aliphatic carbocycles. The van der Waals surface area contributed by atoms with Crippen LogP contribution in [-0.4, -0.2) is 44.1 Å². The number of hydrogen-bond acceptors (Lipinski definition) is 6. The van der Waals surface area contributed by atoms with Crippen LogP contribution in [0.25, 0.3) is 5.57 Å². The summed E-state index contributed by atoms with van der Waals surface area (Å²) in [5.41, 5.74) is 0.795. The molecule has 0 aromatic heterocycles. The monoisotopic (exact) mass is 388 g/mol. The van der Waals surface area contributed by atoms with Gasteiger partial charge in [-0.1, -0.05) is 6.08 Å². The predicted molar refractivity (Wildman–Crippen MR) is 104 cm³/mol. The molecule has 2 rings (SSSR count). The standard InChI is InChI=1S/C20H24N2O6/c1-12-6-7-13(11-28-12)15-9-8-14(10-16(15)26-4)21-17(23)18(24)22-20(2,3)19(25)27-5/h6-10H,11H2,1-5H3,(H,21,23)(H,22,24). The van der Waals surface area contributed by atoms with Crippen molar-refractivity contribution >= 4 is 29.0 Å². The zero-order chi connectivity index (χ0) is 20.9. The van der Waals surface area contributed by atoms with E-state index in [1.807, 2.05) is 19.1 Å². The van der Waals surface area contributed by atoms with Crippen LogP contribution in [0.3, 0.4) is 0 Å². The van der Waals surface area contributed by atoms with E-state index in [4.69, 9.17) is 9.47 Å². The number of amides is 2. The van der Waals surface area contributed by atoms with Crippen molar-refractivity contribution in [2.45, 2.75) is 26.3 Å². The van der Waals surface area contributed by atoms with Crippen molar-refractivity contribution in [3.63, 3.8) is 0 Å². The summed E-state index contributed by atoms with van der Waals surface area (Å²) < 4.78 is 15.5. The van der Waals surface area contributed by atoms with E-state index in [0.29, 0.717) is 18.0 Å². The Kier molecular flexibility index (Phi) is 6.45. The molecule has 0 saturated heterocycles. The van der Waals surface area contributed by atoms with Gasteiger partial charge >= 0.3 is 17.8 Å². The average molecular weight is 388 g/mol. The van der Waals surface area contributed by atoms with Crippen LogP contribution in [0.1, 0.15) is 26.3 Å². The Morgan fingerprint density at radius 2 is 1.82 bits per heavy atom. The van der Waals surface area contributed by atoms with E-state index < -0.39 is 23.3 Å². The van der Waals surface area contributed by atoms with Crippen molar-refractivity contribution < 1.29 is 28.6 Å². The molecule has 2 N–H and O–H groups in total. The van der Waals surface area contributed by atoms with Gasteiger partial charge in [0.25, 0.3) is 0 Å². The van der Waals surface area contributed by atoms with E-state index >= 15 is 0 Å². The predicted octanol–water partition coefficient (Wildman–Crippen LogP) is 2.02. The second-order valence-corrected chi connectivity index (χ2v) is 6.70. The van der Waals surface area contributed by atoms with Crippen molar-refractivity contribution in [1.29, 1.82) is 0 Å². The van der Waals surface area contributed by atoms with Gasteiger partial charge in [0.1, 0.15) is 17.9 Å². The number of anilines is 1. The number of ether oxygens (including phenoxy) is 3. The van der Waals surface area contributed by atoms with Crippen molar-refractivity contribution in [3.05, 3.63) is 41.7 Å². The number of rotatable bonds is 5. The third kappa shape index (κ3) is 4.91. The van der Waals surface area contributed by atoms with Crippen molar-refractivity contribution in [2.24, 2.45) is 0 Å². The van der Waals surface area contributed by atoms with Gasteiger partial charge in [0.05, 0.1) is 20.0 Å². The number of hydrogen-bond donors (Lipinski definition) is 2. The first-order valence-corrected chi connectivity index (χ1v) is 8.58. The largest absolute Gasteiger partial charge is 0.496 e. The highest BCUT2D eigenvalue weighted by Crippen LogP contribution is 2.31. The molecular weight excluding hydrogens is 364 g/mol. The first kappa shape index (κ1) is 21.0. The highest BCUT2D eigenvalue weighted by molar-refractivity contribution is 6.40. The minimum absolute atomic E-state index is 0.376. The first-order chi connectivity index (χ1) is 13.2. The molecule has 1 aliphatic rings. The maximum Gasteiger partial charge on any atom is 0.330 e. The zero-order valence-corrected chi connectivity index (χ0v) is 16.5. The lowest BCUT2D eigenvalue weighted by Gasteiger charge is -2.22. The highest BCUT2D eigenvalue weighted by atomic mass is 16.5. The minimum atomic E-state index is -1.33. The molecular formula is C20H24N2O6. The van der Waals surface area contributed by atoms with Gasteiger partial charge < -0.3 is 24.8 Å². The lowest BCUT2D eigenvalue weighted by Crippen LogP contribution is -2.53. The molecule has 0 saturated carbocycles. The number of carbonyl (C=O) groups excluding carboxylic acids is 3. The Bertz CT molecular complexity index is 854. The normalized spacial score (nSPS) is 13.5. The maximum atomic E-state index is 12.2. The maximum absolute atomic E-state index is 12.2. The van der Waals surface area contributed by atoms with E-state index in [1.165, 1.54) is 28.1 Å². The quantitative estimate of drug-likeness (QED) is 0.591. The number of allylic oxidation sites excluding steroid dienone is 3. The Morgan fingerprint density at radius 1 is 1.11 bits per heavy atom. The number of carbonyl (C=O) groups is 3. The number of methoxy groups -OCH3 is 2. The lowest BCUT2D eigenvalue weighted by atomic mass is 10.0. The number of nitrogens with one attached hydrogen (secondary N) is 2. The van der Waals surface area contributed by atoms with Crippen LogP contribution >= 0.6 is 0 Å². The lowest BCUT2D eigenvalue weighted by molar-refractivity contribution is -0.150. The molecule has 2 amide bonds. The molecule has 8 heteroatoms. The summed E-state index contributed by atoms with van der Waals surface area (Å²) in [6.07, 6.45) is 3.80. The SMILES string of the molecule is COC(=O)C(C)(C)NC(=O)C(=O)Nc1ccc(C2=CC=C(C)OC2)c(OC)c1. The van der Waals surface area contributed by atoms with Gasteiger partial charge in [-0.25, -0.2) is 4.79 Å². The van der Waals surface area contributed by atoms with Crippen LogP contribution in [-0.2, 0) is 23.9 Å². The fraction of sp³-hybridized carbons (Fsp3) is 0.350. The number of esters is 1. The molecule has 1 aromatic carbocycles. The third-order valence-corrected chi connectivity index (χ3v) is 4.11. The van der Waals surface area contributed by atoms with Gasteiger partial charge in [-0.3, -0.25) is 9.59 Å². The summed E-state index contributed by atoms with van der Waals surface area (Å²) in [5.74, 6) is -1.18. The molecule has 150 valence electrons. The van der Waals surface area contributed by atoms with E-state index in [2.05, 4.69) is 15.4 Å². The fourth-order valence-corrected chi connectivity index (χ4v) is 2.54. The summed E-state index contributed by atoms with van der Waals surface area (Å²) in [6.45, 7) is 5.17. The van der Waals surface area contributed by atoms with Crippen LogP contribution in [0.4, 0.5) is 5.69 Å². The van der Waals surface area contributed by atoms with Crippen LogP contribution in [0.5, 0.6) is 5.75 Å². The van der Waals surface area contributed by atoms with E-state index in [1.54, 1.807) is 18.2 Å². The fourth-order valence-electron chi connectivity index (χ4n) is 2.54. The average Bonchev–Trinajstić information content (AvgIpc) is 2.67. The van der Waals surface area contributed by atoms with Gasteiger partial charge in [-0.05, 0) is 39.0 Å². The van der Waals surface area contributed by atoms with Gasteiger partial charge in [0.15, 0.2) is 0 Å². The molecule has 0 bridgehead atoms. The summed E-state index contributed by atoms with van der Waals surface area (Å²) >= 11 is 0. The van der Waals surface area contributed by atoms with Gasteiger partial charge in [0.2, 0.25) is 0 Å². The summed E-state index contributed by atoms with van der Waals surface area (Å²) in [5, 5.41) is 4.82. The van der Waals surface area contributed by atoms with E-state index in [-0.39, 0.29) is 0 Å². The Morgan fingerprint density at radius 3 is 2.39 bits per heavy atom. The second kappa shape index (κ2) is 8.60. The van der Waals surface area contributed by atoms with Crippen molar-refractivity contribution in [3.8, 4) is 5.75 Å². The second-order valence-electron chi connectivity index (χ2n) is 6.70. The van der Waals surface area contributed by atoms with Gasteiger partial charge in [-0.2, -0.15) is 0 Å². The third-order valence-electron chi connectivity index (χ3n) is 4.11. The topological polar surface area (TPSA) is 103 Å². The first-order valence-electron chi connectivity index (χ1n) is 8.58. The summed E-state index contributed by atoms with van der Waals surface area (Å²) in [6, 6.07) is 5.03. The van der Waals surface area contributed by atoms with Crippen LogP contribution < -0.4 is 15.4 Å². The van der Waals surface area contributed by atoms with E-state index in [9.17, 15) is 14.4 Å². The molecule has 8 nitrogen and oxygen atoms in total. The van der Waals surface area contributed by atoms with E-state index in [0.717, 1.165) is 16.9 Å². The molecule has 0 atom stereocenters. The molecule has 0 spiro atoms.